The van der Waals surface area contributed by atoms with Crippen LogP contribution in [0.2, 0.25) is 0 Å². The number of aliphatic hydroxyl groups is 3. The van der Waals surface area contributed by atoms with Gasteiger partial charge in [-0.05, 0) is 0 Å². The summed E-state index contributed by atoms with van der Waals surface area (Å²) in [6.45, 7) is -0.282. The van der Waals surface area contributed by atoms with Crippen LogP contribution in [-0.4, -0.2) is 65.4 Å². The van der Waals surface area contributed by atoms with Crippen molar-refractivity contribution >= 4 is 17.1 Å². The highest BCUT2D eigenvalue weighted by molar-refractivity contribution is 5.70. The smallest absolute Gasteiger partial charge is 0.282 e. The summed E-state index contributed by atoms with van der Waals surface area (Å²) in [4.78, 5) is 20.1. The number of fused-ring (bicyclic) bond motifs is 1. The van der Waals surface area contributed by atoms with Crippen molar-refractivity contribution in [2.45, 2.75) is 31.0 Å². The van der Waals surface area contributed by atoms with E-state index in [2.05, 4.69) is 9.97 Å². The lowest BCUT2D eigenvalue weighted by molar-refractivity contribution is -0.0262. The predicted octanol–water partition coefficient (Wildman–Crippen LogP) is -2.81. The van der Waals surface area contributed by atoms with Gasteiger partial charge >= 0.3 is 0 Å². The van der Waals surface area contributed by atoms with Crippen LogP contribution in [0.3, 0.4) is 0 Å². The summed E-state index contributed by atoms with van der Waals surface area (Å²) >= 11 is 0. The van der Waals surface area contributed by atoms with E-state index in [1.165, 1.54) is 22.5 Å². The molecule has 3 heterocycles. The highest BCUT2D eigenvalue weighted by Gasteiger charge is 2.42. The molecule has 22 heavy (non-hydrogen) atoms. The van der Waals surface area contributed by atoms with Gasteiger partial charge in [-0.25, -0.2) is 4.98 Å². The van der Waals surface area contributed by atoms with Crippen LogP contribution >= 0.6 is 0 Å². The zero-order chi connectivity index (χ0) is 16.0. The Labute approximate surface area is 124 Å². The van der Waals surface area contributed by atoms with E-state index in [0.717, 1.165) is 0 Å². The lowest BCUT2D eigenvalue weighted by Crippen LogP contribution is -2.35. The molecule has 0 amide bonds. The third-order valence-corrected chi connectivity index (χ3v) is 3.90. The molecular weight excluding hydrogens is 294 g/mol. The largest absolute Gasteiger partial charge is 0.394 e. The second kappa shape index (κ2) is 5.32. The fourth-order valence-corrected chi connectivity index (χ4v) is 2.55. The molecule has 0 spiro atoms. The van der Waals surface area contributed by atoms with Crippen molar-refractivity contribution in [2.75, 3.05) is 12.3 Å². The van der Waals surface area contributed by atoms with Crippen molar-refractivity contribution < 1.29 is 20.1 Å². The molecule has 10 heteroatoms. The number of nitrogens with zero attached hydrogens (tertiary/aromatic N) is 4. The molecule has 0 radical (unpaired) electrons. The molecule has 2 aromatic rings. The summed E-state index contributed by atoms with van der Waals surface area (Å²) in [5, 5.41) is 28.8. The minimum Gasteiger partial charge on any atom is -0.394 e. The van der Waals surface area contributed by atoms with E-state index in [4.69, 9.17) is 15.6 Å². The summed E-state index contributed by atoms with van der Waals surface area (Å²) in [5.41, 5.74) is 5.73. The van der Waals surface area contributed by atoms with Gasteiger partial charge in [-0.1, -0.05) is 0 Å². The Morgan fingerprint density at radius 2 is 2.05 bits per heavy atom. The minimum absolute atomic E-state index is 0.0420. The summed E-state index contributed by atoms with van der Waals surface area (Å²) in [5.74, 6) is 0.0420. The first-order valence-electron chi connectivity index (χ1n) is 6.73. The molecule has 1 fully saturated rings. The van der Waals surface area contributed by atoms with Crippen LogP contribution in [0.4, 0.5) is 5.95 Å². The van der Waals surface area contributed by atoms with Crippen LogP contribution in [0.5, 0.6) is 0 Å². The van der Waals surface area contributed by atoms with Gasteiger partial charge in [0.15, 0.2) is 11.2 Å². The van der Waals surface area contributed by atoms with E-state index < -0.39 is 31.0 Å². The van der Waals surface area contributed by atoms with E-state index in [1.807, 2.05) is 0 Å². The first-order valence-corrected chi connectivity index (χ1v) is 6.73. The zero-order valence-electron chi connectivity index (χ0n) is 11.8. The fourth-order valence-electron chi connectivity index (χ4n) is 2.55. The molecule has 1 aliphatic heterocycles. The van der Waals surface area contributed by atoms with Gasteiger partial charge in [-0.15, -0.1) is 0 Å². The van der Waals surface area contributed by atoms with Gasteiger partial charge in [-0.3, -0.25) is 9.36 Å². The Morgan fingerprint density at radius 3 is 2.68 bits per heavy atom. The summed E-state index contributed by atoms with van der Waals surface area (Å²) in [7, 11) is 1.50. The van der Waals surface area contributed by atoms with Gasteiger partial charge in [0, 0.05) is 7.05 Å². The highest BCUT2D eigenvalue weighted by Crippen LogP contribution is 2.23. The number of rotatable bonds is 3. The number of nitrogens with two attached hydrogens (primary N) is 1. The Morgan fingerprint density at radius 1 is 1.36 bits per heavy atom. The Kier molecular flexibility index (Phi) is 3.60. The first-order chi connectivity index (χ1) is 10.4. The van der Waals surface area contributed by atoms with Crippen LogP contribution in [0.25, 0.3) is 11.2 Å². The van der Waals surface area contributed by atoms with Crippen LogP contribution < -0.4 is 11.3 Å². The molecule has 120 valence electrons. The molecule has 1 aliphatic rings. The maximum atomic E-state index is 12.0. The molecule has 1 saturated heterocycles. The van der Waals surface area contributed by atoms with Gasteiger partial charge in [-0.2, -0.15) is 4.98 Å². The van der Waals surface area contributed by atoms with E-state index in [9.17, 15) is 15.0 Å². The van der Waals surface area contributed by atoms with E-state index in [-0.39, 0.29) is 29.2 Å². The molecule has 2 aromatic heterocycles. The number of imidazole rings is 1. The lowest BCUT2D eigenvalue weighted by Gasteiger charge is -2.15. The molecule has 0 saturated carbocycles. The number of hydrogen-bond acceptors (Lipinski definition) is 8. The number of anilines is 1. The third kappa shape index (κ3) is 2.16. The lowest BCUT2D eigenvalue weighted by atomic mass is 10.1. The van der Waals surface area contributed by atoms with E-state index in [1.54, 1.807) is 0 Å². The van der Waals surface area contributed by atoms with Crippen molar-refractivity contribution in [3.63, 3.8) is 0 Å². The van der Waals surface area contributed by atoms with E-state index in [0.29, 0.717) is 0 Å². The molecule has 5 N–H and O–H groups in total. The molecule has 10 nitrogen and oxygen atoms in total. The number of ether oxygens (including phenoxy) is 1. The van der Waals surface area contributed by atoms with Crippen molar-refractivity contribution in [3.05, 3.63) is 16.7 Å². The average Bonchev–Trinajstić information content (AvgIpc) is 3.01. The minimum atomic E-state index is -1.17. The molecule has 0 aromatic carbocycles. The summed E-state index contributed by atoms with van der Waals surface area (Å²) in [6.07, 6.45) is -2.53. The second-order valence-electron chi connectivity index (χ2n) is 5.28. The maximum absolute atomic E-state index is 12.0. The van der Waals surface area contributed by atoms with Gasteiger partial charge in [0.1, 0.15) is 24.4 Å². The topological polar surface area (TPSA) is 149 Å². The third-order valence-electron chi connectivity index (χ3n) is 3.90. The second-order valence-corrected chi connectivity index (χ2v) is 5.28. The molecule has 0 aliphatic carbocycles. The fraction of sp³-hybridized carbons (Fsp3) is 0.583. The van der Waals surface area contributed by atoms with Crippen molar-refractivity contribution in [2.24, 2.45) is 7.05 Å². The standard InChI is InChI=1S/C12H17N5O5/c1-16-11(21)7-10(15-12(16)13)17(4-14-7)2-5-8(19)9(20)6(3-18)22-5/h4-6,8-9,18-20H,2-3H2,1H3,(H2,13,15)/t5-,6+,8+,9?/m0/s1. The molecule has 3 rings (SSSR count). The number of hydrogen-bond donors (Lipinski definition) is 4. The molecule has 0 bridgehead atoms. The SMILES string of the molecule is Cn1c(N)nc2c(ncn2C[C@@H]2O[C@H](CO)C(O)[C@@H]2O)c1=O. The number of aromatic nitrogens is 4. The summed E-state index contributed by atoms with van der Waals surface area (Å²) in [6, 6.07) is 0. The van der Waals surface area contributed by atoms with Crippen LogP contribution in [0.1, 0.15) is 0 Å². The van der Waals surface area contributed by atoms with Gasteiger partial charge < -0.3 is 30.4 Å². The molecule has 4 atom stereocenters. The average molecular weight is 311 g/mol. The van der Waals surface area contributed by atoms with E-state index >= 15 is 0 Å². The Bertz CT molecular complexity index is 756. The molecule has 1 unspecified atom stereocenters. The number of nitrogen functional groups attached to an aromatic ring is 1. The summed E-state index contributed by atoms with van der Waals surface area (Å²) < 4.78 is 8.11. The van der Waals surface area contributed by atoms with Gasteiger partial charge in [0.25, 0.3) is 5.56 Å². The highest BCUT2D eigenvalue weighted by atomic mass is 16.6. The Hall–Kier alpha value is -2.01. The van der Waals surface area contributed by atoms with Crippen LogP contribution in [0.15, 0.2) is 11.1 Å². The number of aliphatic hydroxyl groups excluding tert-OH is 3. The van der Waals surface area contributed by atoms with Crippen molar-refractivity contribution in [3.8, 4) is 0 Å². The first kappa shape index (κ1) is 14.9. The molecular formula is C12H17N5O5. The van der Waals surface area contributed by atoms with Gasteiger partial charge in [0.2, 0.25) is 5.95 Å². The monoisotopic (exact) mass is 311 g/mol. The predicted molar refractivity (Wildman–Crippen MR) is 74.9 cm³/mol. The van der Waals surface area contributed by atoms with Gasteiger partial charge in [0.05, 0.1) is 19.5 Å². The normalized spacial score (nSPS) is 28.5. The van der Waals surface area contributed by atoms with Crippen LogP contribution in [0, 0.1) is 0 Å². The van der Waals surface area contributed by atoms with Crippen LogP contribution in [-0.2, 0) is 18.3 Å². The Balaban J connectivity index is 1.94. The van der Waals surface area contributed by atoms with Crippen molar-refractivity contribution in [1.29, 1.82) is 0 Å². The zero-order valence-corrected chi connectivity index (χ0v) is 11.8. The quantitative estimate of drug-likeness (QED) is 0.475. The maximum Gasteiger partial charge on any atom is 0.282 e. The van der Waals surface area contributed by atoms with Crippen molar-refractivity contribution in [1.82, 2.24) is 19.1 Å².